The maximum atomic E-state index is 12.3. The standard InChI is InChI=1S/C19H18ClN3O2S/c1-13-4-3-5-14(10-13)19-21-17(25-22-19)11-23(2)18(24)12-26-16-8-6-15(20)7-9-16/h3-10H,11-12H2,1-2H3. The van der Waals surface area contributed by atoms with Crippen molar-refractivity contribution < 1.29 is 9.32 Å². The molecule has 0 aliphatic heterocycles. The van der Waals surface area contributed by atoms with Crippen molar-refractivity contribution in [3.63, 3.8) is 0 Å². The Labute approximate surface area is 161 Å². The fourth-order valence-electron chi connectivity index (χ4n) is 2.30. The lowest BCUT2D eigenvalue weighted by atomic mass is 10.1. The molecule has 134 valence electrons. The van der Waals surface area contributed by atoms with Gasteiger partial charge in [-0.1, -0.05) is 40.5 Å². The summed E-state index contributed by atoms with van der Waals surface area (Å²) in [6.07, 6.45) is 0. The van der Waals surface area contributed by atoms with Crippen LogP contribution in [0.4, 0.5) is 0 Å². The molecule has 0 N–H and O–H groups in total. The van der Waals surface area contributed by atoms with Gasteiger partial charge in [0.1, 0.15) is 0 Å². The molecule has 0 bridgehead atoms. The number of thioether (sulfide) groups is 1. The number of rotatable bonds is 6. The second-order valence-corrected chi connectivity index (χ2v) is 7.36. The lowest BCUT2D eigenvalue weighted by molar-refractivity contribution is -0.127. The van der Waals surface area contributed by atoms with Crippen LogP contribution in [-0.4, -0.2) is 33.7 Å². The number of benzene rings is 2. The number of aromatic nitrogens is 2. The van der Waals surface area contributed by atoms with Gasteiger partial charge in [0.2, 0.25) is 17.6 Å². The summed E-state index contributed by atoms with van der Waals surface area (Å²) in [6.45, 7) is 2.29. The van der Waals surface area contributed by atoms with Crippen molar-refractivity contribution in [1.82, 2.24) is 15.0 Å². The summed E-state index contributed by atoms with van der Waals surface area (Å²) in [5.41, 5.74) is 2.02. The quantitative estimate of drug-likeness (QED) is 0.585. The SMILES string of the molecule is Cc1cccc(-c2noc(CN(C)C(=O)CSc3ccc(Cl)cc3)n2)c1. The summed E-state index contributed by atoms with van der Waals surface area (Å²) in [5.74, 6) is 1.26. The molecule has 1 amide bonds. The van der Waals surface area contributed by atoms with Crippen molar-refractivity contribution in [1.29, 1.82) is 0 Å². The van der Waals surface area contributed by atoms with E-state index in [1.54, 1.807) is 11.9 Å². The third-order valence-corrected chi connectivity index (χ3v) is 4.97. The van der Waals surface area contributed by atoms with Crippen molar-refractivity contribution in [2.24, 2.45) is 0 Å². The Kier molecular flexibility index (Phi) is 5.96. The number of amides is 1. The van der Waals surface area contributed by atoms with E-state index in [0.717, 1.165) is 16.0 Å². The third kappa shape index (κ3) is 4.86. The molecule has 0 atom stereocenters. The van der Waals surface area contributed by atoms with Crippen molar-refractivity contribution in [3.05, 3.63) is 65.0 Å². The number of nitrogens with zero attached hydrogens (tertiary/aromatic N) is 3. The molecular weight excluding hydrogens is 370 g/mol. The van der Waals surface area contributed by atoms with Gasteiger partial charge in [-0.25, -0.2) is 0 Å². The number of carbonyl (C=O) groups is 1. The molecule has 3 rings (SSSR count). The zero-order valence-electron chi connectivity index (χ0n) is 14.5. The van der Waals surface area contributed by atoms with Crippen LogP contribution in [0, 0.1) is 6.92 Å². The van der Waals surface area contributed by atoms with E-state index in [0.29, 0.717) is 22.5 Å². The lowest BCUT2D eigenvalue weighted by Crippen LogP contribution is -2.27. The molecule has 0 radical (unpaired) electrons. The van der Waals surface area contributed by atoms with Gasteiger partial charge in [0, 0.05) is 22.5 Å². The minimum absolute atomic E-state index is 0.0137. The first kappa shape index (κ1) is 18.5. The Morgan fingerprint density at radius 2 is 2.00 bits per heavy atom. The molecule has 7 heteroatoms. The average Bonchev–Trinajstić information content (AvgIpc) is 3.09. The fourth-order valence-corrected chi connectivity index (χ4v) is 3.26. The van der Waals surface area contributed by atoms with Crippen LogP contribution in [0.2, 0.25) is 5.02 Å². The summed E-state index contributed by atoms with van der Waals surface area (Å²) < 4.78 is 5.28. The van der Waals surface area contributed by atoms with Crippen LogP contribution in [0.3, 0.4) is 0 Å². The monoisotopic (exact) mass is 387 g/mol. The largest absolute Gasteiger partial charge is 0.337 e. The summed E-state index contributed by atoms with van der Waals surface area (Å²) in [7, 11) is 1.72. The molecule has 1 heterocycles. The van der Waals surface area contributed by atoms with E-state index in [1.807, 2.05) is 55.5 Å². The lowest BCUT2D eigenvalue weighted by Gasteiger charge is -2.14. The van der Waals surface area contributed by atoms with Gasteiger partial charge in [-0.05, 0) is 37.3 Å². The van der Waals surface area contributed by atoms with Crippen LogP contribution in [0.25, 0.3) is 11.4 Å². The Morgan fingerprint density at radius 3 is 2.73 bits per heavy atom. The average molecular weight is 388 g/mol. The molecule has 0 aliphatic rings. The van der Waals surface area contributed by atoms with Crippen molar-refractivity contribution in [2.45, 2.75) is 18.4 Å². The van der Waals surface area contributed by atoms with Crippen LogP contribution < -0.4 is 0 Å². The van der Waals surface area contributed by atoms with Crippen molar-refractivity contribution >= 4 is 29.3 Å². The predicted octanol–water partition coefficient (Wildman–Crippen LogP) is 4.45. The number of carbonyl (C=O) groups excluding carboxylic acids is 1. The number of hydrogen-bond donors (Lipinski definition) is 0. The maximum Gasteiger partial charge on any atom is 0.246 e. The molecule has 0 saturated heterocycles. The number of aryl methyl sites for hydroxylation is 1. The van der Waals surface area contributed by atoms with Gasteiger partial charge in [-0.3, -0.25) is 4.79 Å². The molecule has 0 saturated carbocycles. The van der Waals surface area contributed by atoms with Gasteiger partial charge in [0.25, 0.3) is 0 Å². The molecule has 0 fully saturated rings. The highest BCUT2D eigenvalue weighted by molar-refractivity contribution is 8.00. The van der Waals surface area contributed by atoms with E-state index in [2.05, 4.69) is 10.1 Å². The number of halogens is 1. The summed E-state index contributed by atoms with van der Waals surface area (Å²) >= 11 is 7.33. The topological polar surface area (TPSA) is 59.2 Å². The molecule has 3 aromatic rings. The zero-order valence-corrected chi connectivity index (χ0v) is 16.0. The van der Waals surface area contributed by atoms with Crippen LogP contribution in [0.1, 0.15) is 11.5 Å². The van der Waals surface area contributed by atoms with E-state index in [4.69, 9.17) is 16.1 Å². The second-order valence-electron chi connectivity index (χ2n) is 5.87. The first-order valence-electron chi connectivity index (χ1n) is 8.03. The fraction of sp³-hybridized carbons (Fsp3) is 0.211. The van der Waals surface area contributed by atoms with Gasteiger partial charge in [-0.15, -0.1) is 11.8 Å². The van der Waals surface area contributed by atoms with E-state index in [-0.39, 0.29) is 12.5 Å². The van der Waals surface area contributed by atoms with Gasteiger partial charge < -0.3 is 9.42 Å². The molecule has 26 heavy (non-hydrogen) atoms. The van der Waals surface area contributed by atoms with Crippen molar-refractivity contribution in [2.75, 3.05) is 12.8 Å². The highest BCUT2D eigenvalue weighted by Gasteiger charge is 2.15. The molecule has 0 unspecified atom stereocenters. The second kappa shape index (κ2) is 8.38. The molecule has 1 aromatic heterocycles. The third-order valence-electron chi connectivity index (χ3n) is 3.72. The van der Waals surface area contributed by atoms with Gasteiger partial charge >= 0.3 is 0 Å². The first-order chi connectivity index (χ1) is 12.5. The van der Waals surface area contributed by atoms with E-state index in [1.165, 1.54) is 11.8 Å². The minimum atomic E-state index is -0.0137. The Hall–Kier alpha value is -2.31. The molecule has 0 spiro atoms. The Morgan fingerprint density at radius 1 is 1.23 bits per heavy atom. The molecular formula is C19H18ClN3O2S. The molecule has 0 aliphatic carbocycles. The van der Waals surface area contributed by atoms with Gasteiger partial charge in [-0.2, -0.15) is 4.98 Å². The van der Waals surface area contributed by atoms with Crippen LogP contribution in [-0.2, 0) is 11.3 Å². The summed E-state index contributed by atoms with van der Waals surface area (Å²) in [4.78, 5) is 19.3. The van der Waals surface area contributed by atoms with E-state index in [9.17, 15) is 4.79 Å². The Balaban J connectivity index is 1.56. The van der Waals surface area contributed by atoms with Crippen molar-refractivity contribution in [3.8, 4) is 11.4 Å². The van der Waals surface area contributed by atoms with Gasteiger partial charge in [0.05, 0.1) is 12.3 Å². The molecule has 2 aromatic carbocycles. The van der Waals surface area contributed by atoms with E-state index >= 15 is 0 Å². The van der Waals surface area contributed by atoms with Crippen LogP contribution in [0.15, 0.2) is 57.9 Å². The minimum Gasteiger partial charge on any atom is -0.337 e. The Bertz CT molecular complexity index is 896. The predicted molar refractivity (Wildman–Crippen MR) is 103 cm³/mol. The van der Waals surface area contributed by atoms with Crippen LogP contribution in [0.5, 0.6) is 0 Å². The highest BCUT2D eigenvalue weighted by Crippen LogP contribution is 2.21. The maximum absolute atomic E-state index is 12.3. The summed E-state index contributed by atoms with van der Waals surface area (Å²) in [6, 6.07) is 15.3. The first-order valence-corrected chi connectivity index (χ1v) is 9.39. The normalized spacial score (nSPS) is 10.7. The number of hydrogen-bond acceptors (Lipinski definition) is 5. The van der Waals surface area contributed by atoms with Crippen LogP contribution >= 0.6 is 23.4 Å². The highest BCUT2D eigenvalue weighted by atomic mass is 35.5. The smallest absolute Gasteiger partial charge is 0.246 e. The van der Waals surface area contributed by atoms with E-state index < -0.39 is 0 Å². The zero-order chi connectivity index (χ0) is 18.5. The summed E-state index contributed by atoms with van der Waals surface area (Å²) in [5, 5.41) is 4.68. The van der Waals surface area contributed by atoms with Gasteiger partial charge in [0.15, 0.2) is 0 Å². The molecule has 5 nitrogen and oxygen atoms in total.